The maximum Gasteiger partial charge on any atom is 0.231 e. The van der Waals surface area contributed by atoms with Gasteiger partial charge in [0.2, 0.25) is 12.5 Å². The summed E-state index contributed by atoms with van der Waals surface area (Å²) in [5.41, 5.74) is 2.09. The average molecular weight is 301 g/mol. The molecule has 0 saturated carbocycles. The molecule has 2 bridgehead atoms. The zero-order valence-corrected chi connectivity index (χ0v) is 12.5. The topological polar surface area (TPSA) is 51.2 Å². The highest BCUT2D eigenvalue weighted by Crippen LogP contribution is 2.57. The molecule has 5 rings (SSSR count). The van der Waals surface area contributed by atoms with E-state index in [0.717, 1.165) is 43.0 Å². The number of ether oxygens (including phenoxy) is 3. The first-order chi connectivity index (χ1) is 10.8. The molecule has 3 heterocycles. The fourth-order valence-corrected chi connectivity index (χ4v) is 4.89. The molecule has 0 amide bonds. The van der Waals surface area contributed by atoms with E-state index in [1.54, 1.807) is 7.11 Å². The number of rotatable bonds is 1. The van der Waals surface area contributed by atoms with Gasteiger partial charge in [-0.2, -0.15) is 0 Å². The molecule has 3 aliphatic heterocycles. The quantitative estimate of drug-likeness (QED) is 0.798. The zero-order valence-electron chi connectivity index (χ0n) is 12.5. The predicted molar refractivity (Wildman–Crippen MR) is 79.4 cm³/mol. The van der Waals surface area contributed by atoms with E-state index in [9.17, 15) is 5.11 Å². The number of methoxy groups -OCH3 is 1. The van der Waals surface area contributed by atoms with Crippen LogP contribution in [0.1, 0.15) is 24.0 Å². The standard InChI is InChI=1S/C17H19NO4/c1-20-15-10-8-18-6-5-17(13(18)3-2-4-14(17)19)11(10)7-12-16(15)22-9-21-12/h2,4,7,13-14,19H,3,5-6,8-9H2,1H3/t13-,14+,17-/m0/s1. The van der Waals surface area contributed by atoms with Gasteiger partial charge < -0.3 is 19.3 Å². The Labute approximate surface area is 129 Å². The van der Waals surface area contributed by atoms with E-state index in [1.807, 2.05) is 6.08 Å². The maximum absolute atomic E-state index is 10.8. The lowest BCUT2D eigenvalue weighted by atomic mass is 9.64. The second-order valence-corrected chi connectivity index (χ2v) is 6.56. The third-order valence-electron chi connectivity index (χ3n) is 5.84. The molecule has 1 N–H and O–H groups in total. The number of hydrogen-bond acceptors (Lipinski definition) is 5. The van der Waals surface area contributed by atoms with Gasteiger partial charge in [-0.3, -0.25) is 4.90 Å². The Morgan fingerprint density at radius 2 is 2.32 bits per heavy atom. The van der Waals surface area contributed by atoms with E-state index < -0.39 is 6.10 Å². The van der Waals surface area contributed by atoms with Gasteiger partial charge in [0.1, 0.15) is 0 Å². The molecule has 0 spiro atoms. The Morgan fingerprint density at radius 1 is 1.41 bits per heavy atom. The summed E-state index contributed by atoms with van der Waals surface area (Å²) >= 11 is 0. The summed E-state index contributed by atoms with van der Waals surface area (Å²) in [6.07, 6.45) is 5.57. The molecule has 1 aromatic carbocycles. The number of fused-ring (bicyclic) bond motifs is 2. The van der Waals surface area contributed by atoms with Crippen LogP contribution >= 0.6 is 0 Å². The van der Waals surface area contributed by atoms with Gasteiger partial charge in [0.05, 0.1) is 13.2 Å². The van der Waals surface area contributed by atoms with Crippen molar-refractivity contribution < 1.29 is 19.3 Å². The number of aliphatic hydroxyl groups excluding tert-OH is 1. The number of nitrogens with zero attached hydrogens (tertiary/aromatic N) is 1. The monoisotopic (exact) mass is 301 g/mol. The van der Waals surface area contributed by atoms with Crippen LogP contribution in [0, 0.1) is 0 Å². The van der Waals surface area contributed by atoms with Crippen molar-refractivity contribution >= 4 is 0 Å². The summed E-state index contributed by atoms with van der Waals surface area (Å²) in [7, 11) is 1.68. The second-order valence-electron chi connectivity index (χ2n) is 6.56. The first kappa shape index (κ1) is 12.8. The van der Waals surface area contributed by atoms with Crippen molar-refractivity contribution in [3.63, 3.8) is 0 Å². The lowest BCUT2D eigenvalue weighted by molar-refractivity contribution is 0.0627. The Balaban J connectivity index is 1.80. The normalized spacial score (nSPS) is 36.9. The molecule has 1 fully saturated rings. The molecular weight excluding hydrogens is 282 g/mol. The highest BCUT2D eigenvalue weighted by molar-refractivity contribution is 5.64. The summed E-state index contributed by atoms with van der Waals surface area (Å²) < 4.78 is 16.9. The maximum atomic E-state index is 10.8. The minimum absolute atomic E-state index is 0.233. The van der Waals surface area contributed by atoms with E-state index in [4.69, 9.17) is 14.2 Å². The van der Waals surface area contributed by atoms with Crippen LogP contribution in [0.3, 0.4) is 0 Å². The van der Waals surface area contributed by atoms with Crippen molar-refractivity contribution in [3.8, 4) is 17.2 Å². The summed E-state index contributed by atoms with van der Waals surface area (Å²) in [5, 5.41) is 10.8. The van der Waals surface area contributed by atoms with E-state index in [0.29, 0.717) is 11.8 Å². The molecule has 1 saturated heterocycles. The van der Waals surface area contributed by atoms with Crippen molar-refractivity contribution in [1.82, 2.24) is 4.90 Å². The van der Waals surface area contributed by atoms with Gasteiger partial charge in [-0.05, 0) is 31.0 Å². The minimum Gasteiger partial charge on any atom is -0.492 e. The van der Waals surface area contributed by atoms with Crippen molar-refractivity contribution in [1.29, 1.82) is 0 Å². The van der Waals surface area contributed by atoms with E-state index in [2.05, 4.69) is 17.0 Å². The molecule has 5 heteroatoms. The molecule has 4 aliphatic rings. The van der Waals surface area contributed by atoms with Crippen LogP contribution in [0.2, 0.25) is 0 Å². The molecule has 0 aromatic heterocycles. The lowest BCUT2D eigenvalue weighted by Gasteiger charge is -2.47. The molecule has 5 nitrogen and oxygen atoms in total. The smallest absolute Gasteiger partial charge is 0.231 e. The molecule has 22 heavy (non-hydrogen) atoms. The summed E-state index contributed by atoms with van der Waals surface area (Å²) in [5.74, 6) is 2.22. The minimum atomic E-state index is -0.458. The first-order valence-corrected chi connectivity index (χ1v) is 7.84. The van der Waals surface area contributed by atoms with Crippen LogP contribution in [0.4, 0.5) is 0 Å². The van der Waals surface area contributed by atoms with Crippen molar-refractivity contribution in [2.24, 2.45) is 0 Å². The van der Waals surface area contributed by atoms with Gasteiger partial charge in [-0.1, -0.05) is 12.2 Å². The number of aliphatic hydroxyl groups is 1. The molecule has 4 atom stereocenters. The van der Waals surface area contributed by atoms with Gasteiger partial charge in [0, 0.05) is 23.6 Å². The largest absolute Gasteiger partial charge is 0.492 e. The molecule has 1 aromatic rings. The molecule has 0 radical (unpaired) electrons. The van der Waals surface area contributed by atoms with Crippen LogP contribution in [0.15, 0.2) is 18.2 Å². The third-order valence-corrected chi connectivity index (χ3v) is 5.84. The van der Waals surface area contributed by atoms with Gasteiger partial charge >= 0.3 is 0 Å². The second kappa shape index (κ2) is 4.18. The lowest BCUT2D eigenvalue weighted by Crippen LogP contribution is -2.54. The Kier molecular flexibility index (Phi) is 2.43. The van der Waals surface area contributed by atoms with Gasteiger partial charge in [-0.15, -0.1) is 0 Å². The van der Waals surface area contributed by atoms with Crippen LogP contribution < -0.4 is 14.2 Å². The van der Waals surface area contributed by atoms with Crippen molar-refractivity contribution in [3.05, 3.63) is 29.3 Å². The Hall–Kier alpha value is -1.72. The molecular formula is C17H19NO4. The van der Waals surface area contributed by atoms with E-state index >= 15 is 0 Å². The number of hydrogen-bond donors (Lipinski definition) is 1. The van der Waals surface area contributed by atoms with Gasteiger partial charge in [0.25, 0.3) is 0 Å². The molecule has 116 valence electrons. The highest BCUT2D eigenvalue weighted by atomic mass is 16.7. The van der Waals surface area contributed by atoms with Crippen LogP contribution in [0.5, 0.6) is 17.2 Å². The highest BCUT2D eigenvalue weighted by Gasteiger charge is 2.57. The Bertz CT molecular complexity index is 686. The van der Waals surface area contributed by atoms with Crippen molar-refractivity contribution in [2.45, 2.75) is 36.9 Å². The average Bonchev–Trinajstić information content (AvgIpc) is 3.09. The molecule has 1 unspecified atom stereocenters. The van der Waals surface area contributed by atoms with E-state index in [1.165, 1.54) is 5.56 Å². The van der Waals surface area contributed by atoms with E-state index in [-0.39, 0.29) is 12.2 Å². The fraction of sp³-hybridized carbons (Fsp3) is 0.529. The summed E-state index contributed by atoms with van der Waals surface area (Å²) in [6, 6.07) is 2.45. The zero-order chi connectivity index (χ0) is 14.9. The first-order valence-electron chi connectivity index (χ1n) is 7.84. The SMILES string of the molecule is COc1c2c(cc3c1OCO3)[C@@]13CCN(C2)[C@H]1CC=C[C@H]3O. The van der Waals surface area contributed by atoms with Crippen molar-refractivity contribution in [2.75, 3.05) is 20.4 Å². The fourth-order valence-electron chi connectivity index (χ4n) is 4.89. The van der Waals surface area contributed by atoms with Gasteiger partial charge in [0.15, 0.2) is 11.5 Å². The van der Waals surface area contributed by atoms with Crippen LogP contribution in [-0.2, 0) is 12.0 Å². The predicted octanol–water partition coefficient (Wildman–Crippen LogP) is 1.57. The summed E-state index contributed by atoms with van der Waals surface area (Å²) in [4.78, 5) is 2.47. The third kappa shape index (κ3) is 1.32. The molecule has 1 aliphatic carbocycles. The Morgan fingerprint density at radius 3 is 3.18 bits per heavy atom. The summed E-state index contributed by atoms with van der Waals surface area (Å²) in [6.45, 7) is 2.09. The van der Waals surface area contributed by atoms with Crippen LogP contribution in [0.25, 0.3) is 0 Å². The van der Waals surface area contributed by atoms with Crippen LogP contribution in [-0.4, -0.2) is 42.6 Å². The van der Waals surface area contributed by atoms with Gasteiger partial charge in [-0.25, -0.2) is 0 Å². The number of benzene rings is 1.